The van der Waals surface area contributed by atoms with Gasteiger partial charge in [-0.1, -0.05) is 77.0 Å². The largest absolute Gasteiger partial charge is 0.550 e. The molecule has 0 unspecified atom stereocenters. The Bertz CT molecular complexity index is 314. The predicted molar refractivity (Wildman–Crippen MR) is 96.6 cm³/mol. The van der Waals surface area contributed by atoms with Crippen LogP contribution in [-0.2, 0) is 9.59 Å². The zero-order chi connectivity index (χ0) is 17.6. The molecule has 2 aliphatic rings. The Morgan fingerprint density at radius 3 is 1.24 bits per heavy atom. The summed E-state index contributed by atoms with van der Waals surface area (Å²) in [5, 5.41) is 20.3. The highest BCUT2D eigenvalue weighted by atomic mass is 24.3. The minimum absolute atomic E-state index is 0. The summed E-state index contributed by atoms with van der Waals surface area (Å²) >= 11 is 0. The second-order valence-corrected chi connectivity index (χ2v) is 7.54. The fourth-order valence-electron chi connectivity index (χ4n) is 4.02. The van der Waals surface area contributed by atoms with Crippen molar-refractivity contribution in [2.45, 2.75) is 103 Å². The summed E-state index contributed by atoms with van der Waals surface area (Å²) < 4.78 is 0. The van der Waals surface area contributed by atoms with Crippen LogP contribution in [0.2, 0.25) is 0 Å². The third kappa shape index (κ3) is 14.6. The summed E-state index contributed by atoms with van der Waals surface area (Å²) in [6.07, 6.45) is 17.7. The lowest BCUT2D eigenvalue weighted by atomic mass is 9.86. The van der Waals surface area contributed by atoms with Crippen molar-refractivity contribution in [1.29, 1.82) is 0 Å². The molecular weight excluding hydrogens is 329 g/mol. The summed E-state index contributed by atoms with van der Waals surface area (Å²) in [5.41, 5.74) is 0. The van der Waals surface area contributed by atoms with Crippen LogP contribution in [-0.4, -0.2) is 35.0 Å². The van der Waals surface area contributed by atoms with Crippen LogP contribution < -0.4 is 10.2 Å². The smallest absolute Gasteiger partial charge is 0.0414 e. The van der Waals surface area contributed by atoms with Gasteiger partial charge in [0.05, 0.1) is 0 Å². The Labute approximate surface area is 169 Å². The van der Waals surface area contributed by atoms with Crippen molar-refractivity contribution < 1.29 is 19.8 Å². The number of aliphatic carboxylic acids is 2. The van der Waals surface area contributed by atoms with Gasteiger partial charge in [-0.3, -0.25) is 0 Å². The zero-order valence-electron chi connectivity index (χ0n) is 15.8. The standard InChI is InChI=1S/2C10H18O2.Mg/c2*11-10(12)8-4-7-9-5-2-1-3-6-9;/h2*9H,1-8H2,(H,11,12);/p-2. The molecule has 0 saturated heterocycles. The van der Waals surface area contributed by atoms with Gasteiger partial charge in [0.1, 0.15) is 0 Å². The molecule has 2 radical (unpaired) electrons. The van der Waals surface area contributed by atoms with Crippen molar-refractivity contribution in [3.63, 3.8) is 0 Å². The van der Waals surface area contributed by atoms with Gasteiger partial charge in [0.15, 0.2) is 0 Å². The summed E-state index contributed by atoms with van der Waals surface area (Å²) in [5.74, 6) is -0.187. The molecule has 0 aromatic carbocycles. The Balaban J connectivity index is 0.000000443. The highest BCUT2D eigenvalue weighted by Gasteiger charge is 2.13. The maximum atomic E-state index is 10.1. The summed E-state index contributed by atoms with van der Waals surface area (Å²) in [6.45, 7) is 0. The minimum Gasteiger partial charge on any atom is -0.550 e. The van der Waals surface area contributed by atoms with Gasteiger partial charge in [0.2, 0.25) is 0 Å². The van der Waals surface area contributed by atoms with E-state index in [1.54, 1.807) is 0 Å². The first-order valence-corrected chi connectivity index (χ1v) is 9.97. The molecule has 2 fully saturated rings. The van der Waals surface area contributed by atoms with Crippen LogP contribution >= 0.6 is 0 Å². The maximum Gasteiger partial charge on any atom is 0.0414 e. The molecule has 0 heterocycles. The van der Waals surface area contributed by atoms with Gasteiger partial charge in [-0.05, 0) is 37.5 Å². The van der Waals surface area contributed by atoms with Gasteiger partial charge < -0.3 is 19.8 Å². The van der Waals surface area contributed by atoms with Gasteiger partial charge in [-0.25, -0.2) is 0 Å². The van der Waals surface area contributed by atoms with E-state index in [0.29, 0.717) is 0 Å². The summed E-state index contributed by atoms with van der Waals surface area (Å²) in [4.78, 5) is 20.3. The van der Waals surface area contributed by atoms with E-state index < -0.39 is 11.9 Å². The van der Waals surface area contributed by atoms with Crippen LogP contribution in [0.5, 0.6) is 0 Å². The van der Waals surface area contributed by atoms with Crippen molar-refractivity contribution in [3.05, 3.63) is 0 Å². The quantitative estimate of drug-likeness (QED) is 0.621. The molecule has 2 saturated carbocycles. The fourth-order valence-corrected chi connectivity index (χ4v) is 4.02. The predicted octanol–water partition coefficient (Wildman–Crippen LogP) is 2.59. The number of hydrogen-bond acceptors (Lipinski definition) is 4. The van der Waals surface area contributed by atoms with Crippen molar-refractivity contribution in [3.8, 4) is 0 Å². The zero-order valence-corrected chi connectivity index (χ0v) is 17.2. The molecule has 0 spiro atoms. The van der Waals surface area contributed by atoms with E-state index in [-0.39, 0.29) is 35.9 Å². The lowest BCUT2D eigenvalue weighted by Crippen LogP contribution is -2.22. The molecule has 4 nitrogen and oxygen atoms in total. The van der Waals surface area contributed by atoms with E-state index in [0.717, 1.165) is 37.5 Å². The monoisotopic (exact) mass is 362 g/mol. The number of hydrogen-bond donors (Lipinski definition) is 0. The average Bonchev–Trinajstić information content (AvgIpc) is 2.57. The number of carboxylic acids is 2. The van der Waals surface area contributed by atoms with E-state index in [2.05, 4.69) is 0 Å². The normalized spacial score (nSPS) is 18.6. The minimum atomic E-state index is -0.897. The number of carboxylic acid groups (broad SMARTS) is 2. The van der Waals surface area contributed by atoms with Crippen molar-refractivity contribution in [2.24, 2.45) is 11.8 Å². The second kappa shape index (κ2) is 15.9. The second-order valence-electron chi connectivity index (χ2n) is 7.54. The summed E-state index contributed by atoms with van der Waals surface area (Å²) in [6, 6.07) is 0. The van der Waals surface area contributed by atoms with Crippen LogP contribution in [0, 0.1) is 11.8 Å². The van der Waals surface area contributed by atoms with Crippen molar-refractivity contribution >= 4 is 35.0 Å². The molecule has 0 aromatic heterocycles. The van der Waals surface area contributed by atoms with E-state index in [4.69, 9.17) is 0 Å². The van der Waals surface area contributed by atoms with Gasteiger partial charge in [0, 0.05) is 35.0 Å². The average molecular weight is 363 g/mol. The number of carbonyl (C=O) groups is 2. The molecule has 0 aromatic rings. The molecule has 5 heteroatoms. The number of rotatable bonds is 8. The van der Waals surface area contributed by atoms with Crippen LogP contribution in [0.4, 0.5) is 0 Å². The molecule has 142 valence electrons. The Morgan fingerprint density at radius 1 is 0.640 bits per heavy atom. The Kier molecular flexibility index (Phi) is 15.7. The molecule has 0 amide bonds. The molecule has 2 rings (SSSR count). The van der Waals surface area contributed by atoms with Crippen LogP contribution in [0.15, 0.2) is 0 Å². The first-order valence-electron chi connectivity index (χ1n) is 9.97. The highest BCUT2D eigenvalue weighted by molar-refractivity contribution is 5.75. The third-order valence-electron chi connectivity index (χ3n) is 5.44. The topological polar surface area (TPSA) is 80.3 Å². The van der Waals surface area contributed by atoms with Gasteiger partial charge >= 0.3 is 0 Å². The molecule has 0 aliphatic heterocycles. The third-order valence-corrected chi connectivity index (χ3v) is 5.44. The first-order chi connectivity index (χ1) is 11.6. The molecule has 0 N–H and O–H groups in total. The molecule has 0 bridgehead atoms. The van der Waals surface area contributed by atoms with Crippen molar-refractivity contribution in [1.82, 2.24) is 0 Å². The molecular formula is C20H34MgO4-2. The molecule has 0 atom stereocenters. The fraction of sp³-hybridized carbons (Fsp3) is 0.900. The SMILES string of the molecule is O=C([O-])CCCC1CCCCC1.O=C([O-])CCCC1CCCCC1.[Mg]. The maximum absolute atomic E-state index is 10.1. The van der Waals surface area contributed by atoms with E-state index >= 15 is 0 Å². The van der Waals surface area contributed by atoms with Gasteiger partial charge in [-0.2, -0.15) is 0 Å². The van der Waals surface area contributed by atoms with Crippen molar-refractivity contribution in [2.75, 3.05) is 0 Å². The van der Waals surface area contributed by atoms with E-state index in [1.807, 2.05) is 0 Å². The van der Waals surface area contributed by atoms with Gasteiger partial charge in [0.25, 0.3) is 0 Å². The van der Waals surface area contributed by atoms with E-state index in [1.165, 1.54) is 64.2 Å². The Morgan fingerprint density at radius 2 is 0.960 bits per heavy atom. The Hall–Kier alpha value is -0.294. The first kappa shape index (κ1) is 24.7. The number of carbonyl (C=O) groups excluding carboxylic acids is 2. The van der Waals surface area contributed by atoms with Crippen LogP contribution in [0.1, 0.15) is 103 Å². The van der Waals surface area contributed by atoms with Gasteiger partial charge in [-0.15, -0.1) is 0 Å². The van der Waals surface area contributed by atoms with E-state index in [9.17, 15) is 19.8 Å². The summed E-state index contributed by atoms with van der Waals surface area (Å²) in [7, 11) is 0. The van der Waals surface area contributed by atoms with Crippen LogP contribution in [0.3, 0.4) is 0 Å². The molecule has 2 aliphatic carbocycles. The highest BCUT2D eigenvalue weighted by Crippen LogP contribution is 2.28. The molecule has 25 heavy (non-hydrogen) atoms. The lowest BCUT2D eigenvalue weighted by molar-refractivity contribution is -0.307. The van der Waals surface area contributed by atoms with Crippen LogP contribution in [0.25, 0.3) is 0 Å². The lowest BCUT2D eigenvalue weighted by Gasteiger charge is -2.21.